The lowest BCUT2D eigenvalue weighted by atomic mass is 10.5. The van der Waals surface area contributed by atoms with Crippen LogP contribution in [0.15, 0.2) is 35.5 Å². The number of nitrogens with zero attached hydrogens (tertiary/aromatic N) is 3. The number of H-pyrrole nitrogens is 1. The minimum atomic E-state index is -3.60. The lowest BCUT2D eigenvalue weighted by molar-refractivity contribution is 0.593. The largest absolute Gasteiger partial charge is 0.281 e. The van der Waals surface area contributed by atoms with Gasteiger partial charge in [0.1, 0.15) is 10.7 Å². The van der Waals surface area contributed by atoms with Gasteiger partial charge in [-0.05, 0) is 19.1 Å². The number of nitrogens with one attached hydrogen (secondary N) is 1. The number of aromatic amines is 1. The maximum absolute atomic E-state index is 12.2. The van der Waals surface area contributed by atoms with Crippen molar-refractivity contribution in [3.8, 4) is 0 Å². The van der Waals surface area contributed by atoms with E-state index in [0.29, 0.717) is 11.5 Å². The molecule has 0 unspecified atom stereocenters. The fraction of sp³-hybridized carbons (Fsp3) is 0.200. The molecule has 0 amide bonds. The molecule has 2 heterocycles. The molecule has 0 aliphatic carbocycles. The van der Waals surface area contributed by atoms with E-state index in [4.69, 9.17) is 0 Å². The maximum atomic E-state index is 12.2. The number of rotatable bonds is 3. The van der Waals surface area contributed by atoms with Crippen LogP contribution in [0.25, 0.3) is 0 Å². The first kappa shape index (κ1) is 11.6. The second kappa shape index (κ2) is 4.17. The Bertz CT molecular complexity index is 606. The van der Waals surface area contributed by atoms with Crippen molar-refractivity contribution in [1.82, 2.24) is 15.2 Å². The molecule has 0 saturated carbocycles. The van der Waals surface area contributed by atoms with E-state index in [1.165, 1.54) is 13.2 Å². The monoisotopic (exact) mass is 252 g/mol. The van der Waals surface area contributed by atoms with Gasteiger partial charge >= 0.3 is 0 Å². The van der Waals surface area contributed by atoms with Gasteiger partial charge in [0, 0.05) is 13.2 Å². The summed E-state index contributed by atoms with van der Waals surface area (Å²) < 4.78 is 25.6. The van der Waals surface area contributed by atoms with Gasteiger partial charge in [0.25, 0.3) is 10.0 Å². The van der Waals surface area contributed by atoms with Crippen LogP contribution in [0, 0.1) is 6.92 Å². The average molecular weight is 252 g/mol. The molecule has 2 aromatic rings. The molecule has 1 N–H and O–H groups in total. The molecule has 0 spiro atoms. The van der Waals surface area contributed by atoms with E-state index in [0.717, 1.165) is 4.31 Å². The van der Waals surface area contributed by atoms with Gasteiger partial charge in [-0.25, -0.2) is 13.4 Å². The molecule has 0 fully saturated rings. The molecule has 0 saturated heterocycles. The van der Waals surface area contributed by atoms with Crippen LogP contribution < -0.4 is 4.31 Å². The zero-order valence-corrected chi connectivity index (χ0v) is 10.3. The van der Waals surface area contributed by atoms with Crippen LogP contribution in [0.1, 0.15) is 5.69 Å². The van der Waals surface area contributed by atoms with Crippen molar-refractivity contribution in [2.75, 3.05) is 11.4 Å². The Labute approximate surface area is 99.4 Å². The highest BCUT2D eigenvalue weighted by molar-refractivity contribution is 7.92. The van der Waals surface area contributed by atoms with Crippen molar-refractivity contribution in [2.24, 2.45) is 0 Å². The van der Waals surface area contributed by atoms with E-state index < -0.39 is 10.0 Å². The van der Waals surface area contributed by atoms with Gasteiger partial charge in [-0.2, -0.15) is 5.10 Å². The van der Waals surface area contributed by atoms with Crippen LogP contribution in [0.5, 0.6) is 0 Å². The number of aromatic nitrogens is 3. The van der Waals surface area contributed by atoms with Crippen molar-refractivity contribution < 1.29 is 8.42 Å². The number of anilines is 1. The van der Waals surface area contributed by atoms with Crippen LogP contribution in [0.3, 0.4) is 0 Å². The van der Waals surface area contributed by atoms with Crippen molar-refractivity contribution in [2.45, 2.75) is 11.8 Å². The molecule has 17 heavy (non-hydrogen) atoms. The normalized spacial score (nSPS) is 11.4. The molecule has 0 aliphatic heterocycles. The van der Waals surface area contributed by atoms with Crippen LogP contribution in [0.4, 0.5) is 5.82 Å². The Morgan fingerprint density at radius 1 is 1.35 bits per heavy atom. The van der Waals surface area contributed by atoms with Crippen molar-refractivity contribution >= 4 is 15.8 Å². The van der Waals surface area contributed by atoms with Crippen molar-refractivity contribution in [1.29, 1.82) is 0 Å². The fourth-order valence-electron chi connectivity index (χ4n) is 1.41. The van der Waals surface area contributed by atoms with Gasteiger partial charge in [-0.3, -0.25) is 9.40 Å². The quantitative estimate of drug-likeness (QED) is 0.881. The molecule has 0 bridgehead atoms. The van der Waals surface area contributed by atoms with Crippen LogP contribution in [-0.2, 0) is 10.0 Å². The third-order valence-electron chi connectivity index (χ3n) is 2.39. The molecule has 6 nitrogen and oxygen atoms in total. The third kappa shape index (κ3) is 2.01. The van der Waals surface area contributed by atoms with Crippen LogP contribution in [-0.4, -0.2) is 30.6 Å². The van der Waals surface area contributed by atoms with Gasteiger partial charge in [0.15, 0.2) is 0 Å². The Balaban J connectivity index is 2.45. The molecule has 7 heteroatoms. The summed E-state index contributed by atoms with van der Waals surface area (Å²) >= 11 is 0. The van der Waals surface area contributed by atoms with E-state index in [2.05, 4.69) is 15.2 Å². The summed E-state index contributed by atoms with van der Waals surface area (Å²) in [5.74, 6) is 0.369. The number of aryl methyl sites for hydroxylation is 1. The first-order valence-corrected chi connectivity index (χ1v) is 6.37. The lowest BCUT2D eigenvalue weighted by Gasteiger charge is -2.17. The van der Waals surface area contributed by atoms with Gasteiger partial charge in [-0.1, -0.05) is 6.07 Å². The van der Waals surface area contributed by atoms with Crippen LogP contribution in [0.2, 0.25) is 0 Å². The highest BCUT2D eigenvalue weighted by Gasteiger charge is 2.25. The van der Waals surface area contributed by atoms with E-state index in [1.54, 1.807) is 31.3 Å². The Hall–Kier alpha value is -1.89. The fourth-order valence-corrected chi connectivity index (χ4v) is 2.68. The Morgan fingerprint density at radius 2 is 2.12 bits per heavy atom. The molecule has 0 aliphatic rings. The first-order valence-electron chi connectivity index (χ1n) is 4.93. The van der Waals surface area contributed by atoms with Crippen LogP contribution >= 0.6 is 0 Å². The maximum Gasteiger partial charge on any atom is 0.268 e. The summed E-state index contributed by atoms with van der Waals surface area (Å²) in [7, 11) is -2.14. The number of hydrogen-bond acceptors (Lipinski definition) is 4. The van der Waals surface area contributed by atoms with E-state index >= 15 is 0 Å². The van der Waals surface area contributed by atoms with Gasteiger partial charge in [0.2, 0.25) is 0 Å². The van der Waals surface area contributed by atoms with Gasteiger partial charge < -0.3 is 0 Å². The first-order chi connectivity index (χ1) is 8.03. The zero-order chi connectivity index (χ0) is 12.5. The predicted molar refractivity (Wildman–Crippen MR) is 63.2 cm³/mol. The summed E-state index contributed by atoms with van der Waals surface area (Å²) in [4.78, 5) is 4.16. The minimum Gasteiger partial charge on any atom is -0.281 e. The average Bonchev–Trinajstić information content (AvgIpc) is 2.76. The summed E-state index contributed by atoms with van der Waals surface area (Å²) in [6.07, 6.45) is 2.84. The molecule has 0 aromatic carbocycles. The third-order valence-corrected chi connectivity index (χ3v) is 4.27. The number of pyridine rings is 1. The summed E-state index contributed by atoms with van der Waals surface area (Å²) in [6.45, 7) is 1.66. The van der Waals surface area contributed by atoms with E-state index in [9.17, 15) is 8.42 Å². The SMILES string of the molecule is Cc1[nH]ncc1S(=O)(=O)N(C)c1ccccn1. The topological polar surface area (TPSA) is 79.0 Å². The molecular formula is C10H12N4O2S. The van der Waals surface area contributed by atoms with Crippen molar-refractivity contribution in [3.63, 3.8) is 0 Å². The number of hydrogen-bond donors (Lipinski definition) is 1. The Morgan fingerprint density at radius 3 is 2.65 bits per heavy atom. The second-order valence-electron chi connectivity index (χ2n) is 3.52. The predicted octanol–water partition coefficient (Wildman–Crippen LogP) is 0.938. The molecular weight excluding hydrogens is 240 g/mol. The summed E-state index contributed by atoms with van der Waals surface area (Å²) in [5.41, 5.74) is 0.507. The molecule has 90 valence electrons. The zero-order valence-electron chi connectivity index (χ0n) is 9.45. The minimum absolute atomic E-state index is 0.158. The number of sulfonamides is 1. The summed E-state index contributed by atoms with van der Waals surface area (Å²) in [5, 5.41) is 6.32. The Kier molecular flexibility index (Phi) is 2.84. The standard InChI is InChI=1S/C10H12N4O2S/c1-8-9(7-12-13-8)17(15,16)14(2)10-5-3-4-6-11-10/h3-7H,1-2H3,(H,12,13). The molecule has 2 rings (SSSR count). The van der Waals surface area contributed by atoms with Gasteiger partial charge in [-0.15, -0.1) is 0 Å². The smallest absolute Gasteiger partial charge is 0.268 e. The highest BCUT2D eigenvalue weighted by Crippen LogP contribution is 2.20. The highest BCUT2D eigenvalue weighted by atomic mass is 32.2. The molecule has 2 aromatic heterocycles. The lowest BCUT2D eigenvalue weighted by Crippen LogP contribution is -2.27. The molecule has 0 atom stereocenters. The summed E-state index contributed by atoms with van der Waals surface area (Å²) in [6, 6.07) is 5.09. The van der Waals surface area contributed by atoms with E-state index in [-0.39, 0.29) is 4.90 Å². The van der Waals surface area contributed by atoms with Gasteiger partial charge in [0.05, 0.1) is 11.9 Å². The molecule has 0 radical (unpaired) electrons. The van der Waals surface area contributed by atoms with E-state index in [1.807, 2.05) is 0 Å². The van der Waals surface area contributed by atoms with Crippen molar-refractivity contribution in [3.05, 3.63) is 36.3 Å². The second-order valence-corrected chi connectivity index (χ2v) is 5.46.